The lowest BCUT2D eigenvalue weighted by atomic mass is 9.85. The first-order chi connectivity index (χ1) is 8.99. The molecule has 0 radical (unpaired) electrons. The molecule has 0 aromatic rings. The SMILES string of the molecule is CC(C)(C)OC(=O)N1C2CC1CN(C(=O)C(C)(C)C)C2. The van der Waals surface area contributed by atoms with Crippen LogP contribution in [0, 0.1) is 5.41 Å². The second kappa shape index (κ2) is 4.64. The molecule has 5 heteroatoms. The molecule has 3 heterocycles. The molecular formula is C15H26N2O3. The fraction of sp³-hybridized carbons (Fsp3) is 0.867. The molecule has 3 rings (SSSR count). The van der Waals surface area contributed by atoms with Gasteiger partial charge in [0.2, 0.25) is 5.91 Å². The molecule has 2 atom stereocenters. The first kappa shape index (κ1) is 15.1. The summed E-state index contributed by atoms with van der Waals surface area (Å²) in [5.74, 6) is 0.163. The van der Waals surface area contributed by atoms with Crippen LogP contribution < -0.4 is 0 Å². The topological polar surface area (TPSA) is 49.9 Å². The van der Waals surface area contributed by atoms with Crippen LogP contribution in [0.1, 0.15) is 48.0 Å². The lowest BCUT2D eigenvalue weighted by Gasteiger charge is -2.56. The number of carbonyl (C=O) groups is 2. The largest absolute Gasteiger partial charge is 0.444 e. The van der Waals surface area contributed by atoms with Crippen molar-refractivity contribution >= 4 is 12.0 Å². The van der Waals surface area contributed by atoms with Gasteiger partial charge in [-0.15, -0.1) is 0 Å². The zero-order valence-corrected chi connectivity index (χ0v) is 13.4. The number of piperidine rings is 1. The van der Waals surface area contributed by atoms with Gasteiger partial charge >= 0.3 is 6.09 Å². The number of hydrogen-bond donors (Lipinski definition) is 0. The molecule has 0 aliphatic carbocycles. The van der Waals surface area contributed by atoms with Crippen molar-refractivity contribution in [3.8, 4) is 0 Å². The van der Waals surface area contributed by atoms with Gasteiger partial charge in [0.05, 0.1) is 12.1 Å². The molecule has 0 spiro atoms. The molecule has 0 N–H and O–H groups in total. The molecule has 3 saturated heterocycles. The standard InChI is InChI=1S/C15H26N2O3/c1-14(2,3)12(18)16-8-10-7-11(9-16)17(10)13(19)20-15(4,5)6/h10-11H,7-9H2,1-6H3. The highest BCUT2D eigenvalue weighted by Crippen LogP contribution is 2.35. The minimum atomic E-state index is -0.470. The first-order valence-electron chi connectivity index (χ1n) is 7.30. The van der Waals surface area contributed by atoms with E-state index in [2.05, 4.69) is 0 Å². The van der Waals surface area contributed by atoms with E-state index in [0.29, 0.717) is 13.1 Å². The molecule has 2 bridgehead atoms. The van der Waals surface area contributed by atoms with Crippen LogP contribution in [0.3, 0.4) is 0 Å². The van der Waals surface area contributed by atoms with Crippen LogP contribution in [-0.2, 0) is 9.53 Å². The Hall–Kier alpha value is -1.26. The predicted molar refractivity (Wildman–Crippen MR) is 76.3 cm³/mol. The summed E-state index contributed by atoms with van der Waals surface area (Å²) in [6.07, 6.45) is 0.731. The number of fused-ring (bicyclic) bond motifs is 2. The Kier molecular flexibility index (Phi) is 3.51. The smallest absolute Gasteiger partial charge is 0.410 e. The summed E-state index contributed by atoms with van der Waals surface area (Å²) in [5, 5.41) is 0. The maximum Gasteiger partial charge on any atom is 0.410 e. The van der Waals surface area contributed by atoms with Crippen LogP contribution in [0.4, 0.5) is 4.79 Å². The summed E-state index contributed by atoms with van der Waals surface area (Å²) in [4.78, 5) is 28.1. The molecule has 3 aliphatic heterocycles. The van der Waals surface area contributed by atoms with Gasteiger partial charge in [0.1, 0.15) is 5.60 Å². The molecule has 0 saturated carbocycles. The Bertz CT molecular complexity index is 408. The fourth-order valence-corrected chi connectivity index (χ4v) is 2.86. The number of rotatable bonds is 0. The minimum Gasteiger partial charge on any atom is -0.444 e. The van der Waals surface area contributed by atoms with E-state index in [1.807, 2.05) is 46.4 Å². The normalized spacial score (nSPS) is 26.1. The highest BCUT2D eigenvalue weighted by Gasteiger charge is 2.50. The van der Waals surface area contributed by atoms with Crippen LogP contribution in [0.25, 0.3) is 0 Å². The minimum absolute atomic E-state index is 0.120. The van der Waals surface area contributed by atoms with E-state index in [0.717, 1.165) is 6.42 Å². The monoisotopic (exact) mass is 282 g/mol. The average Bonchev–Trinajstić information content (AvgIpc) is 2.23. The maximum absolute atomic E-state index is 12.3. The Balaban J connectivity index is 1.96. The van der Waals surface area contributed by atoms with Crippen molar-refractivity contribution in [1.82, 2.24) is 9.80 Å². The van der Waals surface area contributed by atoms with E-state index < -0.39 is 5.60 Å². The highest BCUT2D eigenvalue weighted by molar-refractivity contribution is 5.82. The van der Waals surface area contributed by atoms with Crippen molar-refractivity contribution < 1.29 is 14.3 Å². The van der Waals surface area contributed by atoms with Crippen molar-refractivity contribution in [2.24, 2.45) is 5.41 Å². The predicted octanol–water partition coefficient (Wildman–Crippen LogP) is 2.25. The van der Waals surface area contributed by atoms with Crippen molar-refractivity contribution in [2.45, 2.75) is 65.6 Å². The number of piperazine rings is 1. The van der Waals surface area contributed by atoms with Crippen LogP contribution in [0.15, 0.2) is 0 Å². The van der Waals surface area contributed by atoms with Crippen molar-refractivity contribution in [2.75, 3.05) is 13.1 Å². The van der Waals surface area contributed by atoms with E-state index >= 15 is 0 Å². The Morgan fingerprint density at radius 3 is 1.90 bits per heavy atom. The van der Waals surface area contributed by atoms with E-state index in [1.165, 1.54) is 0 Å². The van der Waals surface area contributed by atoms with Crippen molar-refractivity contribution in [1.29, 1.82) is 0 Å². The second-order valence-electron chi connectivity index (χ2n) is 7.89. The van der Waals surface area contributed by atoms with Crippen LogP contribution in [0.2, 0.25) is 0 Å². The molecular weight excluding hydrogens is 256 g/mol. The third kappa shape index (κ3) is 2.91. The lowest BCUT2D eigenvalue weighted by molar-refractivity contribution is -0.150. The molecule has 2 unspecified atom stereocenters. The van der Waals surface area contributed by atoms with Gasteiger partial charge in [0.15, 0.2) is 0 Å². The highest BCUT2D eigenvalue weighted by atomic mass is 16.6. The van der Waals surface area contributed by atoms with E-state index in [4.69, 9.17) is 4.74 Å². The molecule has 3 aliphatic rings. The number of ether oxygens (including phenoxy) is 1. The van der Waals surface area contributed by atoms with Crippen molar-refractivity contribution in [3.63, 3.8) is 0 Å². The number of amides is 2. The number of hydrogen-bond acceptors (Lipinski definition) is 3. The number of carbonyl (C=O) groups excluding carboxylic acids is 2. The van der Waals surface area contributed by atoms with E-state index in [1.54, 1.807) is 4.90 Å². The van der Waals surface area contributed by atoms with E-state index in [-0.39, 0.29) is 29.5 Å². The van der Waals surface area contributed by atoms with Crippen LogP contribution in [0.5, 0.6) is 0 Å². The fourth-order valence-electron chi connectivity index (χ4n) is 2.86. The quantitative estimate of drug-likeness (QED) is 0.684. The van der Waals surface area contributed by atoms with Gasteiger partial charge in [0.25, 0.3) is 0 Å². The van der Waals surface area contributed by atoms with Gasteiger partial charge in [-0.25, -0.2) is 4.79 Å². The first-order valence-corrected chi connectivity index (χ1v) is 7.30. The molecule has 0 aromatic carbocycles. The molecule has 5 nitrogen and oxygen atoms in total. The summed E-state index contributed by atoms with van der Waals surface area (Å²) in [6.45, 7) is 12.7. The Labute approximate surface area is 121 Å². The van der Waals surface area contributed by atoms with Crippen molar-refractivity contribution in [3.05, 3.63) is 0 Å². The maximum atomic E-state index is 12.3. The summed E-state index contributed by atoms with van der Waals surface area (Å²) in [5.41, 5.74) is -0.831. The van der Waals surface area contributed by atoms with Crippen LogP contribution in [-0.4, -0.2) is 52.6 Å². The zero-order chi connectivity index (χ0) is 15.3. The van der Waals surface area contributed by atoms with Gasteiger partial charge < -0.3 is 9.64 Å². The summed E-state index contributed by atoms with van der Waals surface area (Å²) in [7, 11) is 0. The molecule has 114 valence electrons. The van der Waals surface area contributed by atoms with Crippen LogP contribution >= 0.6 is 0 Å². The van der Waals surface area contributed by atoms with Gasteiger partial charge in [-0.1, -0.05) is 20.8 Å². The number of nitrogens with zero attached hydrogens (tertiary/aromatic N) is 2. The molecule has 0 aromatic heterocycles. The Morgan fingerprint density at radius 1 is 1.00 bits per heavy atom. The summed E-state index contributed by atoms with van der Waals surface area (Å²) >= 11 is 0. The molecule has 20 heavy (non-hydrogen) atoms. The summed E-state index contributed by atoms with van der Waals surface area (Å²) < 4.78 is 5.42. The second-order valence-corrected chi connectivity index (χ2v) is 7.89. The average molecular weight is 282 g/mol. The third-order valence-electron chi connectivity index (χ3n) is 3.73. The molecule has 3 fully saturated rings. The third-order valence-corrected chi connectivity index (χ3v) is 3.73. The Morgan fingerprint density at radius 2 is 1.50 bits per heavy atom. The summed E-state index contributed by atoms with van der Waals surface area (Å²) in [6, 6.07) is 0.241. The molecule has 2 amide bonds. The zero-order valence-electron chi connectivity index (χ0n) is 13.4. The van der Waals surface area contributed by atoms with Gasteiger partial charge in [0, 0.05) is 18.5 Å². The van der Waals surface area contributed by atoms with Gasteiger partial charge in [-0.3, -0.25) is 9.69 Å². The lowest BCUT2D eigenvalue weighted by Crippen LogP contribution is -2.71. The van der Waals surface area contributed by atoms with E-state index in [9.17, 15) is 9.59 Å². The van der Waals surface area contributed by atoms with Gasteiger partial charge in [-0.05, 0) is 27.2 Å². The van der Waals surface area contributed by atoms with Gasteiger partial charge in [-0.2, -0.15) is 0 Å².